The number of hydrogen-bond acceptors (Lipinski definition) is 4. The molecule has 2 aliphatic rings. The molecule has 4 N–H and O–H groups in total. The molecule has 4 rings (SSSR count). The van der Waals surface area contributed by atoms with Gasteiger partial charge < -0.3 is 26.0 Å². The van der Waals surface area contributed by atoms with Crippen molar-refractivity contribution >= 4 is 39.2 Å². The summed E-state index contributed by atoms with van der Waals surface area (Å²) in [7, 11) is 1.63. The van der Waals surface area contributed by atoms with E-state index in [0.717, 1.165) is 41.5 Å². The predicted octanol–water partition coefficient (Wildman–Crippen LogP) is 5.08. The van der Waals surface area contributed by atoms with Gasteiger partial charge in [-0.3, -0.25) is 4.79 Å². The van der Waals surface area contributed by atoms with Crippen molar-refractivity contribution in [3.8, 4) is 5.75 Å². The molecule has 10 heteroatoms. The Morgan fingerprint density at radius 1 is 1.17 bits per heavy atom. The molecule has 1 amide bonds. The molecule has 0 unspecified atom stereocenters. The summed E-state index contributed by atoms with van der Waals surface area (Å²) in [5.74, 6) is -2.18. The minimum atomic E-state index is -2.77. The van der Waals surface area contributed by atoms with Crippen LogP contribution in [0.2, 0.25) is 0 Å². The molecule has 2 aromatic rings. The number of alkyl halides is 2. The quantitative estimate of drug-likeness (QED) is 0.314. The number of carbonyl (C=O) groups is 1. The van der Waals surface area contributed by atoms with Crippen LogP contribution < -0.4 is 16.2 Å². The number of likely N-dealkylation sites (tertiary alicyclic amines) is 2. The molecular formula is C25H30BrF2N5O2. The molecule has 7 nitrogen and oxygen atoms in total. The maximum Gasteiger partial charge on any atom is 0.267 e. The predicted molar refractivity (Wildman–Crippen MR) is 136 cm³/mol. The average Bonchev–Trinajstić information content (AvgIpc) is 3.03. The van der Waals surface area contributed by atoms with Gasteiger partial charge in [0.1, 0.15) is 5.75 Å². The number of carbonyl (C=O) groups excluding carboxylic acids is 1. The first-order chi connectivity index (χ1) is 16.7. The van der Waals surface area contributed by atoms with Gasteiger partial charge in [0.2, 0.25) is 0 Å². The van der Waals surface area contributed by atoms with Crippen molar-refractivity contribution in [3.63, 3.8) is 0 Å². The number of methoxy groups -OCH3 is 1. The van der Waals surface area contributed by atoms with Crippen LogP contribution >= 0.6 is 15.9 Å². The van der Waals surface area contributed by atoms with Gasteiger partial charge >= 0.3 is 0 Å². The van der Waals surface area contributed by atoms with Gasteiger partial charge in [0.15, 0.2) is 5.96 Å². The second-order valence-corrected chi connectivity index (χ2v) is 9.94. The van der Waals surface area contributed by atoms with Crippen LogP contribution in [-0.2, 0) is 0 Å². The van der Waals surface area contributed by atoms with Crippen LogP contribution in [0.1, 0.15) is 54.1 Å². The van der Waals surface area contributed by atoms with Crippen LogP contribution in [0.15, 0.2) is 45.9 Å². The van der Waals surface area contributed by atoms with Crippen molar-refractivity contribution in [3.05, 3.63) is 52.0 Å². The van der Waals surface area contributed by atoms with E-state index in [1.54, 1.807) is 25.3 Å². The number of hydrogen-bond donors (Lipinski definition) is 2. The van der Waals surface area contributed by atoms with Crippen molar-refractivity contribution in [2.45, 2.75) is 44.1 Å². The lowest BCUT2D eigenvalue weighted by Crippen LogP contribution is -2.37. The molecule has 188 valence electrons. The molecule has 0 saturated carbocycles. The zero-order chi connectivity index (χ0) is 25.2. The highest BCUT2D eigenvalue weighted by atomic mass is 79.9. The Balaban J connectivity index is 1.59. The summed E-state index contributed by atoms with van der Waals surface area (Å²) in [4.78, 5) is 21.1. The number of halogens is 3. The molecule has 35 heavy (non-hydrogen) atoms. The number of nitrogens with zero attached hydrogens (tertiary/aromatic N) is 3. The molecule has 0 aliphatic carbocycles. The van der Waals surface area contributed by atoms with Crippen LogP contribution in [0.4, 0.5) is 20.2 Å². The Kier molecular flexibility index (Phi) is 7.49. The summed E-state index contributed by atoms with van der Waals surface area (Å²) < 4.78 is 33.5. The molecule has 2 heterocycles. The molecule has 2 aromatic carbocycles. The van der Waals surface area contributed by atoms with Crippen molar-refractivity contribution in [1.82, 2.24) is 9.80 Å². The Morgan fingerprint density at radius 2 is 1.97 bits per heavy atom. The summed E-state index contributed by atoms with van der Waals surface area (Å²) in [5, 5.41) is 0. The number of nitrogens with two attached hydrogens (primary N) is 2. The topological polar surface area (TPSA) is 97.2 Å². The van der Waals surface area contributed by atoms with Gasteiger partial charge in [0.25, 0.3) is 11.8 Å². The lowest BCUT2D eigenvalue weighted by molar-refractivity contribution is 0.0175. The molecule has 0 bridgehead atoms. The number of guanidine groups is 1. The highest BCUT2D eigenvalue weighted by Crippen LogP contribution is 2.38. The SMILES string of the molecule is COc1cc(Br)ccc1[C@H]1CCCCCN1C(=O)c1ccc(N=C(N)N2CCC(F)(F)C2)c(N)c1. The summed E-state index contributed by atoms with van der Waals surface area (Å²) in [6.07, 6.45) is 3.54. The van der Waals surface area contributed by atoms with Crippen molar-refractivity contribution in [2.75, 3.05) is 32.5 Å². The van der Waals surface area contributed by atoms with Crippen LogP contribution in [0, 0.1) is 0 Å². The van der Waals surface area contributed by atoms with Gasteiger partial charge in [0.05, 0.1) is 31.1 Å². The molecule has 2 saturated heterocycles. The van der Waals surface area contributed by atoms with Crippen LogP contribution in [0.25, 0.3) is 0 Å². The third-order valence-electron chi connectivity index (χ3n) is 6.57. The van der Waals surface area contributed by atoms with E-state index in [0.29, 0.717) is 17.8 Å². The Morgan fingerprint density at radius 3 is 2.66 bits per heavy atom. The number of anilines is 1. The lowest BCUT2D eigenvalue weighted by Gasteiger charge is -2.31. The van der Waals surface area contributed by atoms with Crippen LogP contribution in [0.5, 0.6) is 5.75 Å². The fraction of sp³-hybridized carbons (Fsp3) is 0.440. The Bertz CT molecular complexity index is 1130. The van der Waals surface area contributed by atoms with E-state index in [1.807, 2.05) is 23.1 Å². The molecule has 2 fully saturated rings. The van der Waals surface area contributed by atoms with E-state index in [1.165, 1.54) is 4.90 Å². The minimum absolute atomic E-state index is 0.0112. The van der Waals surface area contributed by atoms with E-state index < -0.39 is 12.5 Å². The monoisotopic (exact) mass is 549 g/mol. The summed E-state index contributed by atoms with van der Waals surface area (Å²) >= 11 is 3.48. The van der Waals surface area contributed by atoms with Gasteiger partial charge in [-0.2, -0.15) is 0 Å². The van der Waals surface area contributed by atoms with Crippen LogP contribution in [-0.4, -0.2) is 54.3 Å². The summed E-state index contributed by atoms with van der Waals surface area (Å²) in [6, 6.07) is 10.6. The van der Waals surface area contributed by atoms with Crippen molar-refractivity contribution in [2.24, 2.45) is 10.7 Å². The molecule has 0 aromatic heterocycles. The lowest BCUT2D eigenvalue weighted by atomic mass is 9.99. The normalized spacial score (nSPS) is 20.6. The number of rotatable bonds is 4. The number of nitrogen functional groups attached to an aromatic ring is 1. The zero-order valence-corrected chi connectivity index (χ0v) is 21.2. The fourth-order valence-corrected chi connectivity index (χ4v) is 5.06. The van der Waals surface area contributed by atoms with Gasteiger partial charge in [-0.1, -0.05) is 34.8 Å². The number of amides is 1. The summed E-state index contributed by atoms with van der Waals surface area (Å²) in [5.41, 5.74) is 14.2. The smallest absolute Gasteiger partial charge is 0.267 e. The van der Waals surface area contributed by atoms with Gasteiger partial charge in [0, 0.05) is 35.1 Å². The van der Waals surface area contributed by atoms with Gasteiger partial charge in [-0.15, -0.1) is 0 Å². The van der Waals surface area contributed by atoms with E-state index in [9.17, 15) is 13.6 Å². The third-order valence-corrected chi connectivity index (χ3v) is 7.06. The molecular weight excluding hydrogens is 520 g/mol. The Labute approximate surface area is 212 Å². The van der Waals surface area contributed by atoms with E-state index in [2.05, 4.69) is 20.9 Å². The standard InChI is InChI=1S/C25H30BrF2N5O2/c1-35-22-14-17(26)7-8-18(22)21-5-3-2-4-11-33(21)23(34)16-6-9-20(19(29)13-16)31-24(30)32-12-10-25(27,28)15-32/h6-9,13-14,21H,2-5,10-12,15,29H2,1H3,(H2,30,31)/t21-/m1/s1. The molecule has 1 atom stereocenters. The van der Waals surface area contributed by atoms with E-state index in [-0.39, 0.29) is 36.6 Å². The van der Waals surface area contributed by atoms with E-state index >= 15 is 0 Å². The first-order valence-electron chi connectivity index (χ1n) is 11.7. The highest BCUT2D eigenvalue weighted by molar-refractivity contribution is 9.10. The van der Waals surface area contributed by atoms with E-state index in [4.69, 9.17) is 16.2 Å². The van der Waals surface area contributed by atoms with Gasteiger partial charge in [-0.25, -0.2) is 13.8 Å². The highest BCUT2D eigenvalue weighted by Gasteiger charge is 2.39. The first-order valence-corrected chi connectivity index (χ1v) is 12.5. The zero-order valence-electron chi connectivity index (χ0n) is 19.6. The molecule has 0 radical (unpaired) electrons. The number of ether oxygens (including phenoxy) is 1. The van der Waals surface area contributed by atoms with Crippen LogP contribution in [0.3, 0.4) is 0 Å². The largest absolute Gasteiger partial charge is 0.496 e. The third kappa shape index (κ3) is 5.69. The second-order valence-electron chi connectivity index (χ2n) is 9.02. The van der Waals surface area contributed by atoms with Crippen molar-refractivity contribution in [1.29, 1.82) is 0 Å². The van der Waals surface area contributed by atoms with Gasteiger partial charge in [-0.05, 0) is 43.2 Å². The number of aliphatic imine (C=N–C) groups is 1. The maximum absolute atomic E-state index is 13.6. The minimum Gasteiger partial charge on any atom is -0.496 e. The molecule has 2 aliphatic heterocycles. The number of benzene rings is 2. The second kappa shape index (κ2) is 10.4. The molecule has 0 spiro atoms. The Hall–Kier alpha value is -2.88. The first kappa shape index (κ1) is 25.2. The van der Waals surface area contributed by atoms with Crippen molar-refractivity contribution < 1.29 is 18.3 Å². The average molecular weight is 550 g/mol. The summed E-state index contributed by atoms with van der Waals surface area (Å²) in [6.45, 7) is 0.294. The fourth-order valence-electron chi connectivity index (χ4n) is 4.72. The maximum atomic E-state index is 13.6.